The normalized spacial score (nSPS) is 12.5. The lowest BCUT2D eigenvalue weighted by molar-refractivity contribution is -0.131. The van der Waals surface area contributed by atoms with Gasteiger partial charge in [0.15, 0.2) is 0 Å². The molecule has 21 heavy (non-hydrogen) atoms. The van der Waals surface area contributed by atoms with E-state index in [9.17, 15) is 4.79 Å². The maximum absolute atomic E-state index is 10.7. The highest BCUT2D eigenvalue weighted by Gasteiger charge is 2.16. The highest BCUT2D eigenvalue weighted by molar-refractivity contribution is 5.87. The van der Waals surface area contributed by atoms with Crippen molar-refractivity contribution in [3.8, 4) is 0 Å². The number of nitrogens with zero attached hydrogens (tertiary/aromatic N) is 1. The summed E-state index contributed by atoms with van der Waals surface area (Å²) < 4.78 is 10.4. The lowest BCUT2D eigenvalue weighted by atomic mass is 10.1. The van der Waals surface area contributed by atoms with Crippen LogP contribution in [0.2, 0.25) is 0 Å². The van der Waals surface area contributed by atoms with Gasteiger partial charge in [-0.2, -0.15) is 0 Å². The zero-order chi connectivity index (χ0) is 15.7. The summed E-state index contributed by atoms with van der Waals surface area (Å²) in [5, 5.41) is 8.80. The van der Waals surface area contributed by atoms with Crippen LogP contribution in [0.1, 0.15) is 12.5 Å². The Morgan fingerprint density at radius 3 is 2.67 bits per heavy atom. The van der Waals surface area contributed by atoms with Crippen LogP contribution in [0.5, 0.6) is 0 Å². The van der Waals surface area contributed by atoms with E-state index in [1.165, 1.54) is 0 Å². The Bertz CT molecular complexity index is 473. The van der Waals surface area contributed by atoms with E-state index in [0.717, 1.165) is 17.3 Å². The molecule has 0 aliphatic carbocycles. The van der Waals surface area contributed by atoms with Gasteiger partial charge >= 0.3 is 5.97 Å². The van der Waals surface area contributed by atoms with Gasteiger partial charge in [-0.3, -0.25) is 0 Å². The van der Waals surface area contributed by atoms with Crippen LogP contribution in [0.15, 0.2) is 30.3 Å². The molecule has 116 valence electrons. The van der Waals surface area contributed by atoms with E-state index < -0.39 is 5.97 Å². The summed E-state index contributed by atoms with van der Waals surface area (Å²) in [6, 6.07) is 7.86. The van der Waals surface area contributed by atoms with Crippen LogP contribution in [0.25, 0.3) is 6.08 Å². The molecule has 5 heteroatoms. The standard InChI is InChI=1S/C16H23NO4/c1-13(12-21-3)17(10-11-20-2)15-7-5-4-6-14(15)8-9-16(18)19/h4-9,13H,10-12H2,1-3H3,(H,18,19). The molecule has 0 fully saturated rings. The van der Waals surface area contributed by atoms with Gasteiger partial charge in [0.25, 0.3) is 0 Å². The van der Waals surface area contributed by atoms with Gasteiger partial charge in [-0.1, -0.05) is 18.2 Å². The van der Waals surface area contributed by atoms with Gasteiger partial charge < -0.3 is 19.5 Å². The van der Waals surface area contributed by atoms with Crippen LogP contribution in [0.3, 0.4) is 0 Å². The molecule has 0 amide bonds. The third-order valence-corrected chi connectivity index (χ3v) is 3.13. The summed E-state index contributed by atoms with van der Waals surface area (Å²) in [6.45, 7) is 3.95. The Hall–Kier alpha value is -1.85. The van der Waals surface area contributed by atoms with Gasteiger partial charge in [0.05, 0.1) is 13.2 Å². The number of hydrogen-bond acceptors (Lipinski definition) is 4. The van der Waals surface area contributed by atoms with E-state index >= 15 is 0 Å². The minimum atomic E-state index is -0.960. The molecule has 0 bridgehead atoms. The molecule has 0 saturated carbocycles. The van der Waals surface area contributed by atoms with Crippen LogP contribution >= 0.6 is 0 Å². The zero-order valence-corrected chi connectivity index (χ0v) is 12.8. The van der Waals surface area contributed by atoms with E-state index in [1.54, 1.807) is 20.3 Å². The second-order valence-electron chi connectivity index (χ2n) is 4.72. The predicted molar refractivity (Wildman–Crippen MR) is 83.7 cm³/mol. The van der Waals surface area contributed by atoms with Crippen molar-refractivity contribution in [1.29, 1.82) is 0 Å². The number of rotatable bonds is 9. The molecule has 0 aromatic heterocycles. The van der Waals surface area contributed by atoms with Crippen molar-refractivity contribution in [2.75, 3.05) is 38.9 Å². The van der Waals surface area contributed by atoms with Gasteiger partial charge in [-0.15, -0.1) is 0 Å². The fourth-order valence-electron chi connectivity index (χ4n) is 2.15. The van der Waals surface area contributed by atoms with E-state index in [-0.39, 0.29) is 6.04 Å². The number of hydrogen-bond donors (Lipinski definition) is 1. The summed E-state index contributed by atoms with van der Waals surface area (Å²) in [4.78, 5) is 12.9. The Balaban J connectivity index is 3.07. The van der Waals surface area contributed by atoms with Crippen molar-refractivity contribution >= 4 is 17.7 Å². The van der Waals surface area contributed by atoms with Crippen molar-refractivity contribution < 1.29 is 19.4 Å². The highest BCUT2D eigenvalue weighted by atomic mass is 16.5. The van der Waals surface area contributed by atoms with Crippen LogP contribution in [-0.4, -0.2) is 51.1 Å². The maximum atomic E-state index is 10.7. The Kier molecular flexibility index (Phi) is 7.50. The lowest BCUT2D eigenvalue weighted by Crippen LogP contribution is -2.39. The molecule has 1 aromatic rings. The molecule has 0 heterocycles. The number of carbonyl (C=O) groups is 1. The monoisotopic (exact) mass is 293 g/mol. The molecular formula is C16H23NO4. The van der Waals surface area contributed by atoms with Crippen LogP contribution in [0, 0.1) is 0 Å². The first-order valence-electron chi connectivity index (χ1n) is 6.84. The van der Waals surface area contributed by atoms with Crippen LogP contribution in [-0.2, 0) is 14.3 Å². The third kappa shape index (κ3) is 5.57. The summed E-state index contributed by atoms with van der Waals surface area (Å²) in [5.41, 5.74) is 1.83. The molecule has 0 spiro atoms. The second-order valence-corrected chi connectivity index (χ2v) is 4.72. The number of para-hydroxylation sites is 1. The average molecular weight is 293 g/mol. The summed E-state index contributed by atoms with van der Waals surface area (Å²) in [7, 11) is 3.33. The lowest BCUT2D eigenvalue weighted by Gasteiger charge is -2.32. The van der Waals surface area contributed by atoms with Crippen molar-refractivity contribution in [1.82, 2.24) is 0 Å². The largest absolute Gasteiger partial charge is 0.478 e. The fraction of sp³-hybridized carbons (Fsp3) is 0.438. The minimum Gasteiger partial charge on any atom is -0.478 e. The quantitative estimate of drug-likeness (QED) is 0.708. The first-order valence-corrected chi connectivity index (χ1v) is 6.84. The minimum absolute atomic E-state index is 0.157. The molecule has 0 aliphatic rings. The van der Waals surface area contributed by atoms with Crippen molar-refractivity contribution in [2.24, 2.45) is 0 Å². The highest BCUT2D eigenvalue weighted by Crippen LogP contribution is 2.24. The Labute approximate surface area is 125 Å². The molecular weight excluding hydrogens is 270 g/mol. The van der Waals surface area contributed by atoms with Gasteiger partial charge in [0.1, 0.15) is 0 Å². The van der Waals surface area contributed by atoms with Crippen molar-refractivity contribution in [3.63, 3.8) is 0 Å². The molecule has 1 rings (SSSR count). The number of benzene rings is 1. The van der Waals surface area contributed by atoms with E-state index in [2.05, 4.69) is 11.8 Å². The van der Waals surface area contributed by atoms with E-state index in [4.69, 9.17) is 14.6 Å². The number of anilines is 1. The first kappa shape index (κ1) is 17.2. The molecule has 0 aliphatic heterocycles. The molecule has 0 saturated heterocycles. The number of aliphatic carboxylic acids is 1. The third-order valence-electron chi connectivity index (χ3n) is 3.13. The van der Waals surface area contributed by atoms with Gasteiger partial charge in [0.2, 0.25) is 0 Å². The van der Waals surface area contributed by atoms with Crippen LogP contribution < -0.4 is 4.90 Å². The number of carboxylic acid groups (broad SMARTS) is 1. The summed E-state index contributed by atoms with van der Waals surface area (Å²) in [5.74, 6) is -0.960. The number of methoxy groups -OCH3 is 2. The molecule has 1 unspecified atom stereocenters. The molecule has 0 radical (unpaired) electrons. The molecule has 1 atom stereocenters. The van der Waals surface area contributed by atoms with Gasteiger partial charge in [0, 0.05) is 38.6 Å². The predicted octanol–water partition coefficient (Wildman–Crippen LogP) is 2.27. The first-order chi connectivity index (χ1) is 10.1. The fourth-order valence-corrected chi connectivity index (χ4v) is 2.15. The molecule has 5 nitrogen and oxygen atoms in total. The Morgan fingerprint density at radius 1 is 1.33 bits per heavy atom. The zero-order valence-electron chi connectivity index (χ0n) is 12.8. The van der Waals surface area contributed by atoms with E-state index in [1.807, 2.05) is 24.3 Å². The second kappa shape index (κ2) is 9.15. The van der Waals surface area contributed by atoms with Crippen molar-refractivity contribution in [3.05, 3.63) is 35.9 Å². The van der Waals surface area contributed by atoms with Gasteiger partial charge in [-0.05, 0) is 24.6 Å². The summed E-state index contributed by atoms with van der Waals surface area (Å²) in [6.07, 6.45) is 2.76. The average Bonchev–Trinajstić information content (AvgIpc) is 2.46. The number of carboxylic acids is 1. The SMILES string of the molecule is COCCN(c1ccccc1C=CC(=O)O)C(C)COC. The van der Waals surface area contributed by atoms with Crippen LogP contribution in [0.4, 0.5) is 5.69 Å². The van der Waals surface area contributed by atoms with E-state index in [0.29, 0.717) is 19.8 Å². The smallest absolute Gasteiger partial charge is 0.328 e. The van der Waals surface area contributed by atoms with Crippen molar-refractivity contribution in [2.45, 2.75) is 13.0 Å². The molecule has 1 N–H and O–H groups in total. The summed E-state index contributed by atoms with van der Waals surface area (Å²) >= 11 is 0. The maximum Gasteiger partial charge on any atom is 0.328 e. The topological polar surface area (TPSA) is 59.0 Å². The molecule has 1 aromatic carbocycles. The number of ether oxygens (including phenoxy) is 2. The Morgan fingerprint density at radius 2 is 2.05 bits per heavy atom. The van der Waals surface area contributed by atoms with Gasteiger partial charge in [-0.25, -0.2) is 4.79 Å².